The van der Waals surface area contributed by atoms with Crippen molar-refractivity contribution in [1.82, 2.24) is 14.8 Å². The molecule has 2 aromatic heterocycles. The molecular formula is C16H14FN3O3. The van der Waals surface area contributed by atoms with E-state index in [0.717, 1.165) is 5.56 Å². The van der Waals surface area contributed by atoms with E-state index in [1.807, 2.05) is 0 Å². The van der Waals surface area contributed by atoms with Gasteiger partial charge in [0.15, 0.2) is 5.75 Å². The predicted molar refractivity (Wildman–Crippen MR) is 80.7 cm³/mol. The fraction of sp³-hybridized carbons (Fsp3) is 0.188. The van der Waals surface area contributed by atoms with Crippen molar-refractivity contribution >= 4 is 0 Å². The van der Waals surface area contributed by atoms with E-state index >= 15 is 0 Å². The van der Waals surface area contributed by atoms with Crippen LogP contribution < -0.4 is 10.3 Å². The fourth-order valence-electron chi connectivity index (χ4n) is 2.18. The van der Waals surface area contributed by atoms with Gasteiger partial charge < -0.3 is 13.7 Å². The van der Waals surface area contributed by atoms with Gasteiger partial charge in [0.25, 0.3) is 11.4 Å². The van der Waals surface area contributed by atoms with Crippen LogP contribution in [0.2, 0.25) is 0 Å². The second-order valence-electron chi connectivity index (χ2n) is 4.98. The minimum atomic E-state index is -0.301. The Hall–Kier alpha value is -2.96. The van der Waals surface area contributed by atoms with Gasteiger partial charge >= 0.3 is 0 Å². The highest BCUT2D eigenvalue weighted by molar-refractivity contribution is 5.61. The number of aryl methyl sites for hydroxylation is 1. The van der Waals surface area contributed by atoms with Gasteiger partial charge in [-0.2, -0.15) is 0 Å². The monoisotopic (exact) mass is 315 g/mol. The summed E-state index contributed by atoms with van der Waals surface area (Å²) in [4.78, 5) is 12.0. The van der Waals surface area contributed by atoms with Crippen LogP contribution in [0.5, 0.6) is 5.75 Å². The number of nitrogens with zero attached hydrogens (tertiary/aromatic N) is 3. The topological polar surface area (TPSA) is 70.2 Å². The third-order valence-electron chi connectivity index (χ3n) is 3.39. The zero-order chi connectivity index (χ0) is 16.4. The van der Waals surface area contributed by atoms with Crippen molar-refractivity contribution in [2.24, 2.45) is 7.05 Å². The Kier molecular flexibility index (Phi) is 3.92. The average molecular weight is 315 g/mol. The van der Waals surface area contributed by atoms with Gasteiger partial charge in [-0.05, 0) is 23.8 Å². The van der Waals surface area contributed by atoms with Crippen LogP contribution in [0.25, 0.3) is 11.5 Å². The summed E-state index contributed by atoms with van der Waals surface area (Å²) in [5, 5.41) is 7.92. The molecule has 118 valence electrons. The maximum Gasteiger partial charge on any atom is 0.293 e. The molecular weight excluding hydrogens is 301 g/mol. The number of pyridine rings is 1. The lowest BCUT2D eigenvalue weighted by Crippen LogP contribution is -2.18. The molecule has 6 nitrogen and oxygen atoms in total. The predicted octanol–water partition coefficient (Wildman–Crippen LogP) is 2.17. The molecule has 0 N–H and O–H groups in total. The number of aromatic nitrogens is 3. The molecule has 7 heteroatoms. The van der Waals surface area contributed by atoms with E-state index in [-0.39, 0.29) is 23.0 Å². The summed E-state index contributed by atoms with van der Waals surface area (Å²) < 4.78 is 25.1. The van der Waals surface area contributed by atoms with E-state index in [1.165, 1.54) is 23.8 Å². The smallest absolute Gasteiger partial charge is 0.293 e. The highest BCUT2D eigenvalue weighted by Crippen LogP contribution is 2.25. The quantitative estimate of drug-likeness (QED) is 0.738. The molecule has 0 radical (unpaired) electrons. The Morgan fingerprint density at radius 3 is 2.65 bits per heavy atom. The van der Waals surface area contributed by atoms with Crippen molar-refractivity contribution in [2.75, 3.05) is 7.11 Å². The second kappa shape index (κ2) is 6.04. The Morgan fingerprint density at radius 2 is 1.96 bits per heavy atom. The highest BCUT2D eigenvalue weighted by atomic mass is 19.1. The number of benzene rings is 1. The normalized spacial score (nSPS) is 10.7. The van der Waals surface area contributed by atoms with Gasteiger partial charge in [0.05, 0.1) is 19.1 Å². The Balaban J connectivity index is 1.92. The van der Waals surface area contributed by atoms with Gasteiger partial charge in [0.1, 0.15) is 5.82 Å². The van der Waals surface area contributed by atoms with Crippen LogP contribution in [0, 0.1) is 5.82 Å². The van der Waals surface area contributed by atoms with E-state index in [2.05, 4.69) is 10.2 Å². The van der Waals surface area contributed by atoms with Gasteiger partial charge in [-0.1, -0.05) is 12.1 Å². The van der Waals surface area contributed by atoms with Gasteiger partial charge in [0, 0.05) is 13.2 Å². The number of halogens is 1. The summed E-state index contributed by atoms with van der Waals surface area (Å²) in [6, 6.07) is 7.72. The number of ether oxygens (including phenoxy) is 1. The molecule has 0 unspecified atom stereocenters. The molecule has 0 bridgehead atoms. The maximum atomic E-state index is 12.9. The van der Waals surface area contributed by atoms with Crippen LogP contribution in [-0.2, 0) is 13.5 Å². The molecule has 0 saturated heterocycles. The molecule has 0 aliphatic heterocycles. The van der Waals surface area contributed by atoms with Gasteiger partial charge in [0.2, 0.25) is 5.89 Å². The molecule has 3 aromatic rings. The Morgan fingerprint density at radius 1 is 1.22 bits per heavy atom. The fourth-order valence-corrected chi connectivity index (χ4v) is 2.18. The molecule has 2 heterocycles. The van der Waals surface area contributed by atoms with Gasteiger partial charge in [-0.25, -0.2) is 4.39 Å². The van der Waals surface area contributed by atoms with Crippen molar-refractivity contribution in [2.45, 2.75) is 6.42 Å². The molecule has 1 aromatic carbocycles. The second-order valence-corrected chi connectivity index (χ2v) is 4.98. The van der Waals surface area contributed by atoms with Crippen LogP contribution >= 0.6 is 0 Å². The van der Waals surface area contributed by atoms with E-state index in [1.54, 1.807) is 31.4 Å². The summed E-state index contributed by atoms with van der Waals surface area (Å²) in [6.45, 7) is 0. The molecule has 0 aliphatic rings. The van der Waals surface area contributed by atoms with Crippen molar-refractivity contribution < 1.29 is 13.5 Å². The lowest BCUT2D eigenvalue weighted by molar-refractivity contribution is 0.404. The van der Waals surface area contributed by atoms with Crippen molar-refractivity contribution in [1.29, 1.82) is 0 Å². The van der Waals surface area contributed by atoms with Crippen LogP contribution in [0.3, 0.4) is 0 Å². The first-order chi connectivity index (χ1) is 11.1. The zero-order valence-electron chi connectivity index (χ0n) is 12.6. The third kappa shape index (κ3) is 2.98. The van der Waals surface area contributed by atoms with Gasteiger partial charge in [-0.15, -0.1) is 10.2 Å². The van der Waals surface area contributed by atoms with Crippen LogP contribution in [0.1, 0.15) is 11.5 Å². The number of hydrogen-bond acceptors (Lipinski definition) is 5. The molecule has 0 spiro atoms. The summed E-state index contributed by atoms with van der Waals surface area (Å²) >= 11 is 0. The van der Waals surface area contributed by atoms with Crippen LogP contribution in [-0.4, -0.2) is 21.9 Å². The lowest BCUT2D eigenvalue weighted by Gasteiger charge is -2.05. The van der Waals surface area contributed by atoms with Crippen LogP contribution in [0.15, 0.2) is 45.7 Å². The van der Waals surface area contributed by atoms with Gasteiger partial charge in [-0.3, -0.25) is 4.79 Å². The summed E-state index contributed by atoms with van der Waals surface area (Å²) in [7, 11) is 3.04. The van der Waals surface area contributed by atoms with Crippen molar-refractivity contribution in [3.05, 3.63) is 64.2 Å². The van der Waals surface area contributed by atoms with Crippen molar-refractivity contribution in [3.63, 3.8) is 0 Å². The number of hydrogen-bond donors (Lipinski definition) is 0. The first kappa shape index (κ1) is 15.0. The minimum absolute atomic E-state index is 0.145. The average Bonchev–Trinajstić information content (AvgIpc) is 3.00. The largest absolute Gasteiger partial charge is 0.491 e. The van der Waals surface area contributed by atoms with E-state index in [9.17, 15) is 9.18 Å². The molecule has 0 fully saturated rings. The molecule has 0 amide bonds. The summed E-state index contributed by atoms with van der Waals surface area (Å²) in [5.74, 6) is 0.419. The third-order valence-corrected chi connectivity index (χ3v) is 3.39. The standard InChI is InChI=1S/C16H14FN3O3/c1-20-8-7-12(14(22-2)16(20)21)15-19-18-13(23-15)9-10-3-5-11(17)6-4-10/h3-8H,9H2,1-2H3. The molecule has 0 saturated carbocycles. The van der Waals surface area contributed by atoms with E-state index in [0.29, 0.717) is 17.9 Å². The number of methoxy groups -OCH3 is 1. The number of rotatable bonds is 4. The Bertz CT molecular complexity index is 884. The van der Waals surface area contributed by atoms with E-state index in [4.69, 9.17) is 9.15 Å². The molecule has 23 heavy (non-hydrogen) atoms. The Labute approximate surface area is 131 Å². The van der Waals surface area contributed by atoms with Crippen LogP contribution in [0.4, 0.5) is 4.39 Å². The molecule has 0 aliphatic carbocycles. The SMILES string of the molecule is COc1c(-c2nnc(Cc3ccc(F)cc3)o2)ccn(C)c1=O. The molecule has 3 rings (SSSR count). The van der Waals surface area contributed by atoms with E-state index < -0.39 is 0 Å². The zero-order valence-corrected chi connectivity index (χ0v) is 12.6. The maximum absolute atomic E-state index is 12.9. The first-order valence-electron chi connectivity index (χ1n) is 6.89. The minimum Gasteiger partial charge on any atom is -0.491 e. The molecule has 0 atom stereocenters. The summed E-state index contributed by atoms with van der Waals surface area (Å²) in [6.07, 6.45) is 1.98. The first-order valence-corrected chi connectivity index (χ1v) is 6.89. The summed E-state index contributed by atoms with van der Waals surface area (Å²) in [5.41, 5.74) is 0.995. The van der Waals surface area contributed by atoms with Crippen molar-refractivity contribution in [3.8, 4) is 17.2 Å². The highest BCUT2D eigenvalue weighted by Gasteiger charge is 2.17. The lowest BCUT2D eigenvalue weighted by atomic mass is 10.1.